The SMILES string of the molecule is [C-]#[N+]c1cn2[nH]c(-c3ccc(N4CCCC(C(=O)O)C4)c(NS(=O)Oc4cc(NS(=O)Oc5cc(C)ccc5C)ccc4C)c3)nc2c1C(=O)OC1C(C)CC(C)CC1C. The molecule has 60 heavy (non-hydrogen) atoms. The molecule has 2 aliphatic rings. The van der Waals surface area contributed by atoms with Crippen LogP contribution in [0.2, 0.25) is 0 Å². The van der Waals surface area contributed by atoms with Crippen molar-refractivity contribution in [1.82, 2.24) is 14.6 Å². The Bertz CT molecular complexity index is 2520. The maximum Gasteiger partial charge on any atom is 0.331 e. The zero-order chi connectivity index (χ0) is 42.8. The maximum absolute atomic E-state index is 13.8. The summed E-state index contributed by atoms with van der Waals surface area (Å²) in [5, 5.41) is 13.0. The van der Waals surface area contributed by atoms with Crippen LogP contribution in [0.4, 0.5) is 22.7 Å². The van der Waals surface area contributed by atoms with Gasteiger partial charge in [0.05, 0.1) is 29.6 Å². The highest BCUT2D eigenvalue weighted by molar-refractivity contribution is 7.82. The van der Waals surface area contributed by atoms with E-state index in [1.165, 1.54) is 10.7 Å². The molecule has 316 valence electrons. The lowest BCUT2D eigenvalue weighted by Crippen LogP contribution is -2.39. The van der Waals surface area contributed by atoms with E-state index in [2.05, 4.69) is 40.2 Å². The van der Waals surface area contributed by atoms with Crippen LogP contribution in [0.1, 0.15) is 73.5 Å². The van der Waals surface area contributed by atoms with Gasteiger partial charge in [0.1, 0.15) is 23.2 Å². The van der Waals surface area contributed by atoms with Gasteiger partial charge in [0.25, 0.3) is 0 Å². The predicted octanol–water partition coefficient (Wildman–Crippen LogP) is 8.47. The molecule has 0 spiro atoms. The molecule has 1 saturated carbocycles. The third kappa shape index (κ3) is 9.29. The molecule has 1 aliphatic heterocycles. The number of H-pyrrole nitrogens is 1. The lowest BCUT2D eigenvalue weighted by Gasteiger charge is -2.37. The Morgan fingerprint density at radius 1 is 0.933 bits per heavy atom. The van der Waals surface area contributed by atoms with Gasteiger partial charge in [-0.1, -0.05) is 39.0 Å². The topological polar surface area (TPSA) is 181 Å². The van der Waals surface area contributed by atoms with Crippen molar-refractivity contribution in [3.05, 3.63) is 94.5 Å². The number of anilines is 3. The fourth-order valence-electron chi connectivity index (χ4n) is 8.32. The molecule has 5 atom stereocenters. The Kier molecular flexibility index (Phi) is 12.5. The molecule has 17 heteroatoms. The Hall–Kier alpha value is -5.86. The number of aromatic nitrogens is 3. The molecule has 5 unspecified atom stereocenters. The highest BCUT2D eigenvalue weighted by Crippen LogP contribution is 2.38. The molecule has 0 bridgehead atoms. The van der Waals surface area contributed by atoms with Gasteiger partial charge in [0.15, 0.2) is 11.5 Å². The van der Waals surface area contributed by atoms with Crippen molar-refractivity contribution in [2.75, 3.05) is 27.4 Å². The van der Waals surface area contributed by atoms with Crippen LogP contribution in [0.5, 0.6) is 11.5 Å². The number of carboxylic acids is 1. The van der Waals surface area contributed by atoms with Gasteiger partial charge in [0, 0.05) is 30.9 Å². The minimum Gasteiger partial charge on any atom is -0.481 e. The largest absolute Gasteiger partial charge is 0.481 e. The summed E-state index contributed by atoms with van der Waals surface area (Å²) in [7, 11) is 0. The second kappa shape index (κ2) is 17.8. The fraction of sp³-hybridized carbons (Fsp3) is 0.395. The normalized spacial score (nSPS) is 21.4. The van der Waals surface area contributed by atoms with Crippen LogP contribution >= 0.6 is 0 Å². The van der Waals surface area contributed by atoms with E-state index in [1.54, 1.807) is 49.4 Å². The number of aryl methyl sites for hydroxylation is 3. The summed E-state index contributed by atoms with van der Waals surface area (Å²) in [6, 6.07) is 15.9. The Morgan fingerprint density at radius 3 is 2.32 bits per heavy atom. The lowest BCUT2D eigenvalue weighted by molar-refractivity contribution is -0.141. The monoisotopic (exact) mass is 855 g/mol. The number of esters is 1. The van der Waals surface area contributed by atoms with Gasteiger partial charge in [0.2, 0.25) is 5.69 Å². The van der Waals surface area contributed by atoms with Crippen LogP contribution < -0.4 is 22.7 Å². The van der Waals surface area contributed by atoms with E-state index < -0.39 is 40.4 Å². The average Bonchev–Trinajstić information content (AvgIpc) is 3.77. The van der Waals surface area contributed by atoms with E-state index in [0.29, 0.717) is 65.1 Å². The van der Waals surface area contributed by atoms with Crippen LogP contribution in [-0.2, 0) is 32.1 Å². The van der Waals surface area contributed by atoms with Crippen molar-refractivity contribution < 1.29 is 36.2 Å². The van der Waals surface area contributed by atoms with Gasteiger partial charge in [-0.05, 0) is 111 Å². The summed E-state index contributed by atoms with van der Waals surface area (Å²) in [4.78, 5) is 36.0. The average molecular weight is 856 g/mol. The number of nitrogens with one attached hydrogen (secondary N) is 3. The van der Waals surface area contributed by atoms with E-state index in [4.69, 9.17) is 24.7 Å². The number of benzene rings is 3. The highest BCUT2D eigenvalue weighted by atomic mass is 32.2. The second-order valence-electron chi connectivity index (χ2n) is 16.1. The van der Waals surface area contributed by atoms with Gasteiger partial charge >= 0.3 is 34.5 Å². The minimum atomic E-state index is -2.18. The van der Waals surface area contributed by atoms with Gasteiger partial charge in [-0.25, -0.2) is 14.6 Å². The molecule has 4 N–H and O–H groups in total. The number of nitrogens with zero attached hydrogens (tertiary/aromatic N) is 4. The molecule has 1 saturated heterocycles. The van der Waals surface area contributed by atoms with E-state index in [0.717, 1.165) is 24.0 Å². The number of hydrogen-bond acceptors (Lipinski definition) is 9. The molecule has 3 heterocycles. The number of piperidine rings is 1. The molecular formula is C43H49N7O8S2. The van der Waals surface area contributed by atoms with Crippen molar-refractivity contribution in [2.45, 2.75) is 73.3 Å². The third-order valence-corrected chi connectivity index (χ3v) is 12.7. The minimum absolute atomic E-state index is 0.0794. The summed E-state index contributed by atoms with van der Waals surface area (Å²) >= 11 is -4.12. The predicted molar refractivity (Wildman–Crippen MR) is 232 cm³/mol. The van der Waals surface area contributed by atoms with E-state index in [9.17, 15) is 23.1 Å². The number of carbonyl (C=O) groups is 2. The second-order valence-corrected chi connectivity index (χ2v) is 17.8. The molecule has 1 aliphatic carbocycles. The van der Waals surface area contributed by atoms with Crippen molar-refractivity contribution in [3.8, 4) is 22.9 Å². The molecule has 15 nitrogen and oxygen atoms in total. The van der Waals surface area contributed by atoms with Crippen LogP contribution in [0.25, 0.3) is 21.9 Å². The molecule has 7 rings (SSSR count). The van der Waals surface area contributed by atoms with Crippen molar-refractivity contribution in [2.24, 2.45) is 23.7 Å². The number of ether oxygens (including phenoxy) is 1. The van der Waals surface area contributed by atoms with E-state index in [1.807, 2.05) is 30.9 Å². The number of aliphatic carboxylic acids is 1. The van der Waals surface area contributed by atoms with E-state index >= 15 is 0 Å². The first-order valence-corrected chi connectivity index (χ1v) is 22.1. The molecule has 0 radical (unpaired) electrons. The first kappa shape index (κ1) is 42.3. The first-order chi connectivity index (χ1) is 28.7. The zero-order valence-electron chi connectivity index (χ0n) is 34.3. The van der Waals surface area contributed by atoms with Crippen LogP contribution in [0, 0.1) is 51.0 Å². The van der Waals surface area contributed by atoms with Gasteiger partial charge < -0.3 is 23.1 Å². The summed E-state index contributed by atoms with van der Waals surface area (Å²) in [5.74, 6) is -0.103. The number of aromatic amines is 1. The van der Waals surface area contributed by atoms with Crippen molar-refractivity contribution in [3.63, 3.8) is 0 Å². The van der Waals surface area contributed by atoms with Gasteiger partial charge in [-0.2, -0.15) is 8.42 Å². The number of hydrogen-bond donors (Lipinski definition) is 4. The Balaban J connectivity index is 1.15. The molecular weight excluding hydrogens is 807 g/mol. The Labute approximate surface area is 354 Å². The van der Waals surface area contributed by atoms with Crippen LogP contribution in [0.15, 0.2) is 60.8 Å². The zero-order valence-corrected chi connectivity index (χ0v) is 35.9. The van der Waals surface area contributed by atoms with Crippen LogP contribution in [-0.4, -0.2) is 59.3 Å². The number of rotatable bonds is 13. The molecule has 5 aromatic rings. The molecule has 2 aromatic heterocycles. The summed E-state index contributed by atoms with van der Waals surface area (Å²) in [6.07, 6.45) is 4.31. The first-order valence-electron chi connectivity index (χ1n) is 19.9. The van der Waals surface area contributed by atoms with Gasteiger partial charge in [-0.3, -0.25) is 23.9 Å². The van der Waals surface area contributed by atoms with Crippen molar-refractivity contribution in [1.29, 1.82) is 0 Å². The quantitative estimate of drug-likeness (QED) is 0.0663. The van der Waals surface area contributed by atoms with Gasteiger partial charge in [-0.15, -0.1) is 0 Å². The van der Waals surface area contributed by atoms with Crippen molar-refractivity contribution >= 4 is 62.9 Å². The standard InChI is InChI=1S/C43H49N7O8S2/c1-24-10-11-26(3)36(19-24)57-59(54)47-32-14-12-27(4)37(21-32)58-60(55)48-33-20-30(13-15-35(33)49-16-8-9-31(22-49)42(51)52)40-45-41-38(34(44-7)23-50(41)46-40)43(53)56-39-28(5)17-25(2)18-29(39)6/h10-15,19-21,23,25,28-29,31,39,47-48H,8-9,16-18,22H2,1-6H3,(H,45,46)(H,51,52). The summed E-state index contributed by atoms with van der Waals surface area (Å²) in [6.45, 7) is 20.5. The maximum atomic E-state index is 13.8. The van der Waals surface area contributed by atoms with Crippen LogP contribution in [0.3, 0.4) is 0 Å². The summed E-state index contributed by atoms with van der Waals surface area (Å²) < 4.78 is 51.7. The van der Waals surface area contributed by atoms with E-state index in [-0.39, 0.29) is 47.1 Å². The molecule has 2 fully saturated rings. The Morgan fingerprint density at radius 2 is 1.62 bits per heavy atom. The number of fused-ring (bicyclic) bond motifs is 1. The number of carbonyl (C=O) groups excluding carboxylic acids is 1. The molecule has 0 amide bonds. The number of carboxylic acid groups (broad SMARTS) is 1. The lowest BCUT2D eigenvalue weighted by atomic mass is 9.75. The third-order valence-electron chi connectivity index (χ3n) is 11.3. The smallest absolute Gasteiger partial charge is 0.331 e. The molecule has 3 aromatic carbocycles. The highest BCUT2D eigenvalue weighted by Gasteiger charge is 2.36. The fourth-order valence-corrected chi connectivity index (χ4v) is 9.75. The summed E-state index contributed by atoms with van der Waals surface area (Å²) in [5.41, 5.74) is 4.82.